The molecule has 332 valence electrons. The van der Waals surface area contributed by atoms with Crippen molar-refractivity contribution in [3.8, 4) is 17.1 Å². The first kappa shape index (κ1) is 43.3. The summed E-state index contributed by atoms with van der Waals surface area (Å²) in [4.78, 5) is 75.5. The molecule has 1 aromatic carbocycles. The molecule has 0 atom stereocenters. The monoisotopic (exact) mass is 893 g/mol. The molecule has 63 heavy (non-hydrogen) atoms. The molecule has 7 heterocycles. The van der Waals surface area contributed by atoms with Gasteiger partial charge in [0.05, 0.1) is 53.2 Å². The van der Waals surface area contributed by atoms with Crippen molar-refractivity contribution >= 4 is 57.8 Å². The molecule has 0 unspecified atom stereocenters. The number of nitrogens with one attached hydrogen (secondary N) is 2. The summed E-state index contributed by atoms with van der Waals surface area (Å²) in [6.07, 6.45) is 1.63. The van der Waals surface area contributed by atoms with Crippen LogP contribution in [0.2, 0.25) is 5.02 Å². The Morgan fingerprint density at radius 3 is 2.35 bits per heavy atom. The number of fused-ring (bicyclic) bond motifs is 1. The molecule has 0 saturated carbocycles. The van der Waals surface area contributed by atoms with Crippen LogP contribution in [-0.2, 0) is 34.2 Å². The third-order valence-corrected chi connectivity index (χ3v) is 12.5. The van der Waals surface area contributed by atoms with Gasteiger partial charge in [0.25, 0.3) is 11.8 Å². The van der Waals surface area contributed by atoms with E-state index in [0.717, 1.165) is 36.7 Å². The highest BCUT2D eigenvalue weighted by molar-refractivity contribution is 6.34. The molecule has 0 bridgehead atoms. The van der Waals surface area contributed by atoms with Crippen molar-refractivity contribution in [2.24, 2.45) is 24.6 Å². The molecular formula is C41H45ClF3N12O6+. The van der Waals surface area contributed by atoms with E-state index in [4.69, 9.17) is 17.3 Å². The predicted octanol–water partition coefficient (Wildman–Crippen LogP) is 2.85. The van der Waals surface area contributed by atoms with E-state index < -0.39 is 29.7 Å². The van der Waals surface area contributed by atoms with E-state index in [0.29, 0.717) is 60.3 Å². The zero-order valence-electron chi connectivity index (χ0n) is 34.1. The number of amides is 4. The number of piperazine rings is 1. The van der Waals surface area contributed by atoms with Gasteiger partial charge in [-0.2, -0.15) is 18.3 Å². The van der Waals surface area contributed by atoms with Crippen LogP contribution in [0.4, 0.5) is 18.9 Å². The highest BCUT2D eigenvalue weighted by Gasteiger charge is 2.43. The van der Waals surface area contributed by atoms with Gasteiger partial charge in [0.15, 0.2) is 23.9 Å². The number of carboxylic acid groups (broad SMARTS) is 1. The van der Waals surface area contributed by atoms with Gasteiger partial charge in [-0.3, -0.25) is 19.2 Å². The molecular weight excluding hydrogens is 849 g/mol. The highest BCUT2D eigenvalue weighted by atomic mass is 35.5. The maximum Gasteiger partial charge on any atom is 0.435 e. The zero-order valence-corrected chi connectivity index (χ0v) is 34.9. The number of primary amides is 1. The number of nitrogens with two attached hydrogens (primary N) is 1. The summed E-state index contributed by atoms with van der Waals surface area (Å²) in [5, 5.41) is 20.0. The SMILES string of the molecule is Cn1c(-c2cn(-c3cc4c(ccn4CC(N)=O)cn3)nc2C(F)(F)F)cnc1C(=O)Nc1ccc(C(=O)N2CCN(C(=O)C3CC[N+](CC(=O)O)(CC4CNC4)CC3)CC2)c(Cl)c1. The summed E-state index contributed by atoms with van der Waals surface area (Å²) in [6.45, 7) is 5.00. The Balaban J connectivity index is 0.896. The minimum absolute atomic E-state index is 0.0235. The average molecular weight is 894 g/mol. The first-order chi connectivity index (χ1) is 30.0. The lowest BCUT2D eigenvalue weighted by molar-refractivity contribution is -0.929. The number of anilines is 1. The van der Waals surface area contributed by atoms with E-state index in [1.807, 2.05) is 0 Å². The number of carbonyl (C=O) groups is 5. The molecule has 8 rings (SSSR count). The normalized spacial score (nSPS) is 19.5. The van der Waals surface area contributed by atoms with Crippen molar-refractivity contribution in [3.05, 3.63) is 77.2 Å². The van der Waals surface area contributed by atoms with Crippen LogP contribution in [0.15, 0.2) is 55.1 Å². The molecule has 5 aromatic rings. The first-order valence-electron chi connectivity index (χ1n) is 20.4. The average Bonchev–Trinajstić information content (AvgIpc) is 3.95. The van der Waals surface area contributed by atoms with Crippen LogP contribution in [0.25, 0.3) is 28.0 Å². The van der Waals surface area contributed by atoms with Crippen molar-refractivity contribution in [1.29, 1.82) is 0 Å². The Kier molecular flexibility index (Phi) is 11.8. The van der Waals surface area contributed by atoms with Gasteiger partial charge in [-0.1, -0.05) is 11.6 Å². The number of benzene rings is 1. The van der Waals surface area contributed by atoms with Crippen LogP contribution in [0.3, 0.4) is 0 Å². The molecule has 22 heteroatoms. The molecule has 3 aliphatic heterocycles. The Hall–Kier alpha value is -6.32. The second-order valence-corrected chi connectivity index (χ2v) is 16.9. The predicted molar refractivity (Wildman–Crippen MR) is 222 cm³/mol. The number of aromatic nitrogens is 6. The lowest BCUT2D eigenvalue weighted by Gasteiger charge is -2.46. The molecule has 4 amide bonds. The Bertz CT molecular complexity index is 2600. The van der Waals surface area contributed by atoms with Gasteiger partial charge in [-0.05, 0) is 24.3 Å². The van der Waals surface area contributed by atoms with Crippen molar-refractivity contribution < 1.29 is 46.7 Å². The number of carbonyl (C=O) groups excluding carboxylic acids is 4. The van der Waals surface area contributed by atoms with Gasteiger partial charge in [0.1, 0.15) is 6.54 Å². The molecule has 0 spiro atoms. The number of carboxylic acids is 1. The van der Waals surface area contributed by atoms with E-state index in [9.17, 15) is 42.3 Å². The van der Waals surface area contributed by atoms with E-state index in [1.165, 1.54) is 42.1 Å². The number of halogens is 4. The summed E-state index contributed by atoms with van der Waals surface area (Å²) in [6, 6.07) is 7.49. The van der Waals surface area contributed by atoms with Gasteiger partial charge in [-0.15, -0.1) is 0 Å². The molecule has 0 radical (unpaired) electrons. The quantitative estimate of drug-likeness (QED) is 0.134. The van der Waals surface area contributed by atoms with Crippen LogP contribution >= 0.6 is 11.6 Å². The topological polar surface area (TPSA) is 216 Å². The fourth-order valence-corrected chi connectivity index (χ4v) is 9.12. The van der Waals surface area contributed by atoms with Crippen molar-refractivity contribution in [2.45, 2.75) is 25.6 Å². The number of rotatable bonds is 12. The number of hydrogen-bond acceptors (Lipinski definition) is 9. The summed E-state index contributed by atoms with van der Waals surface area (Å²) in [7, 11) is 1.38. The van der Waals surface area contributed by atoms with Crippen molar-refractivity contribution in [3.63, 3.8) is 0 Å². The number of imidazole rings is 1. The largest absolute Gasteiger partial charge is 0.477 e. The van der Waals surface area contributed by atoms with Gasteiger partial charge >= 0.3 is 12.1 Å². The Morgan fingerprint density at radius 1 is 1.00 bits per heavy atom. The Labute approximate surface area is 363 Å². The molecule has 5 N–H and O–H groups in total. The standard InChI is InChI=1S/C41H44ClF3N12O6/c1-52-32(29-20-56(51-36(29)41(43,44)45)34-15-31-26(18-48-34)4-7-55(31)21-33(46)58)19-49-37(52)38(61)50-27-2-3-28(30(42)14-27)40(63)54-10-8-53(9-11-54)39(62)25-5-12-57(13-6-25,23-35(59)60)22-24-16-47-17-24/h2-4,7,14-15,18-20,24-25,47H,5-6,8-13,16-17,21-23H2,1H3,(H3-,46,50,58,59,60,61,63)/p+1. The van der Waals surface area contributed by atoms with Crippen molar-refractivity contribution in [1.82, 2.24) is 44.0 Å². The van der Waals surface area contributed by atoms with Gasteiger partial charge in [0.2, 0.25) is 11.8 Å². The van der Waals surface area contributed by atoms with E-state index in [2.05, 4.69) is 25.7 Å². The van der Waals surface area contributed by atoms with Gasteiger partial charge in [-0.25, -0.2) is 19.4 Å². The maximum absolute atomic E-state index is 14.4. The summed E-state index contributed by atoms with van der Waals surface area (Å²) in [5.41, 5.74) is 4.56. The van der Waals surface area contributed by atoms with Gasteiger partial charge in [0, 0.05) is 107 Å². The van der Waals surface area contributed by atoms with E-state index in [1.54, 1.807) is 26.6 Å². The van der Waals surface area contributed by atoms with E-state index in [-0.39, 0.29) is 83.1 Å². The number of likely N-dealkylation sites (tertiary alicyclic amines) is 1. The lowest BCUT2D eigenvalue weighted by Crippen LogP contribution is -2.62. The van der Waals surface area contributed by atoms with Crippen LogP contribution in [0.5, 0.6) is 0 Å². The summed E-state index contributed by atoms with van der Waals surface area (Å²) in [5.74, 6) is -2.46. The number of quaternary nitrogens is 1. The molecule has 3 saturated heterocycles. The van der Waals surface area contributed by atoms with Crippen molar-refractivity contribution in [2.75, 3.05) is 70.8 Å². The number of aliphatic carboxylic acids is 1. The summed E-state index contributed by atoms with van der Waals surface area (Å²) < 4.78 is 47.3. The molecule has 4 aromatic heterocycles. The Morgan fingerprint density at radius 2 is 1.71 bits per heavy atom. The minimum Gasteiger partial charge on any atom is -0.477 e. The van der Waals surface area contributed by atoms with Gasteiger partial charge < -0.3 is 44.9 Å². The molecule has 3 aliphatic rings. The van der Waals surface area contributed by atoms with Crippen LogP contribution in [-0.4, -0.2) is 143 Å². The van der Waals surface area contributed by atoms with Crippen LogP contribution in [0.1, 0.15) is 39.5 Å². The third-order valence-electron chi connectivity index (χ3n) is 12.2. The lowest BCUT2D eigenvalue weighted by atomic mass is 9.90. The third kappa shape index (κ3) is 8.98. The number of piperidine rings is 1. The molecule has 18 nitrogen and oxygen atoms in total. The minimum atomic E-state index is -4.90. The van der Waals surface area contributed by atoms with Crippen LogP contribution in [0, 0.1) is 11.8 Å². The highest BCUT2D eigenvalue weighted by Crippen LogP contribution is 2.37. The second-order valence-electron chi connectivity index (χ2n) is 16.5. The molecule has 3 fully saturated rings. The smallest absolute Gasteiger partial charge is 0.435 e. The summed E-state index contributed by atoms with van der Waals surface area (Å²) >= 11 is 6.57. The first-order valence-corrected chi connectivity index (χ1v) is 20.8. The van der Waals surface area contributed by atoms with E-state index >= 15 is 0 Å². The fourth-order valence-electron chi connectivity index (χ4n) is 8.85. The maximum atomic E-state index is 14.4. The fraction of sp³-hybridized carbons (Fsp3) is 0.415. The zero-order chi connectivity index (χ0) is 44.8. The number of nitrogens with zero attached hydrogens (tertiary/aromatic N) is 9. The second kappa shape index (κ2) is 17.1. The van der Waals surface area contributed by atoms with Crippen LogP contribution < -0.4 is 16.4 Å². The number of alkyl halides is 3. The number of pyridine rings is 1. The molecule has 0 aliphatic carbocycles. The number of hydrogen-bond donors (Lipinski definition) is 4.